The lowest BCUT2D eigenvalue weighted by Crippen LogP contribution is -2.46. The predicted molar refractivity (Wildman–Crippen MR) is 83.7 cm³/mol. The minimum Gasteiger partial charge on any atom is -0.345 e. The summed E-state index contributed by atoms with van der Waals surface area (Å²) in [4.78, 5) is 28.7. The SMILES string of the molecule is CN1CCC2(CCN(C(=O)c3ccc4n[nH]nc4c3)CC2)C1=O. The Bertz CT molecular complexity index is 776. The molecule has 0 bridgehead atoms. The molecule has 2 aliphatic heterocycles. The van der Waals surface area contributed by atoms with Gasteiger partial charge < -0.3 is 9.80 Å². The summed E-state index contributed by atoms with van der Waals surface area (Å²) in [5.41, 5.74) is 1.83. The van der Waals surface area contributed by atoms with Crippen molar-refractivity contribution in [1.29, 1.82) is 0 Å². The third kappa shape index (κ3) is 2.18. The zero-order chi connectivity index (χ0) is 16.0. The minimum absolute atomic E-state index is 0.00329. The van der Waals surface area contributed by atoms with Crippen LogP contribution in [-0.2, 0) is 4.79 Å². The van der Waals surface area contributed by atoms with Gasteiger partial charge in [0.15, 0.2) is 0 Å². The smallest absolute Gasteiger partial charge is 0.253 e. The van der Waals surface area contributed by atoms with Crippen LogP contribution in [0.5, 0.6) is 0 Å². The number of hydrogen-bond acceptors (Lipinski definition) is 4. The van der Waals surface area contributed by atoms with E-state index in [0.717, 1.165) is 31.3 Å². The number of nitrogens with one attached hydrogen (secondary N) is 1. The molecule has 0 atom stereocenters. The topological polar surface area (TPSA) is 82.2 Å². The van der Waals surface area contributed by atoms with E-state index in [-0.39, 0.29) is 17.2 Å². The number of rotatable bonds is 1. The van der Waals surface area contributed by atoms with Gasteiger partial charge in [0.25, 0.3) is 5.91 Å². The number of H-pyrrole nitrogens is 1. The summed E-state index contributed by atoms with van der Waals surface area (Å²) in [5.74, 6) is 0.247. The number of likely N-dealkylation sites (tertiary alicyclic amines) is 2. The van der Waals surface area contributed by atoms with E-state index >= 15 is 0 Å². The van der Waals surface area contributed by atoms with E-state index in [4.69, 9.17) is 0 Å². The highest BCUT2D eigenvalue weighted by Crippen LogP contribution is 2.41. The second kappa shape index (κ2) is 5.04. The van der Waals surface area contributed by atoms with E-state index in [1.165, 1.54) is 0 Å². The molecule has 2 aromatic rings. The maximum atomic E-state index is 12.7. The van der Waals surface area contributed by atoms with Crippen molar-refractivity contribution >= 4 is 22.8 Å². The zero-order valence-electron chi connectivity index (χ0n) is 13.1. The number of hydrogen-bond donors (Lipinski definition) is 1. The molecule has 2 fully saturated rings. The van der Waals surface area contributed by atoms with E-state index in [9.17, 15) is 9.59 Å². The van der Waals surface area contributed by atoms with Gasteiger partial charge in [-0.3, -0.25) is 9.59 Å². The first-order chi connectivity index (χ1) is 11.1. The normalized spacial score (nSPS) is 20.7. The number of amides is 2. The lowest BCUT2D eigenvalue weighted by molar-refractivity contribution is -0.137. The number of aromatic amines is 1. The number of carbonyl (C=O) groups is 2. The van der Waals surface area contributed by atoms with Gasteiger partial charge in [0, 0.05) is 32.2 Å². The van der Waals surface area contributed by atoms with E-state index in [1.54, 1.807) is 18.2 Å². The van der Waals surface area contributed by atoms with Gasteiger partial charge in [0.1, 0.15) is 11.0 Å². The van der Waals surface area contributed by atoms with E-state index < -0.39 is 0 Å². The number of piperidine rings is 1. The first-order valence-corrected chi connectivity index (χ1v) is 7.94. The van der Waals surface area contributed by atoms with Crippen LogP contribution in [0.2, 0.25) is 0 Å². The molecular formula is C16H19N5O2. The largest absolute Gasteiger partial charge is 0.345 e. The Morgan fingerprint density at radius 3 is 2.52 bits per heavy atom. The summed E-state index contributed by atoms with van der Waals surface area (Å²) >= 11 is 0. The van der Waals surface area contributed by atoms with Crippen molar-refractivity contribution in [1.82, 2.24) is 25.2 Å². The minimum atomic E-state index is -0.235. The summed E-state index contributed by atoms with van der Waals surface area (Å²) in [6, 6.07) is 5.35. The maximum absolute atomic E-state index is 12.7. The van der Waals surface area contributed by atoms with Crippen molar-refractivity contribution in [3.63, 3.8) is 0 Å². The highest BCUT2D eigenvalue weighted by Gasteiger charge is 2.47. The van der Waals surface area contributed by atoms with Crippen LogP contribution in [0.25, 0.3) is 11.0 Å². The zero-order valence-corrected chi connectivity index (χ0v) is 13.1. The number of carbonyl (C=O) groups excluding carboxylic acids is 2. The fourth-order valence-electron chi connectivity index (χ4n) is 3.75. The molecule has 1 spiro atoms. The van der Waals surface area contributed by atoms with E-state index in [1.807, 2.05) is 16.8 Å². The molecule has 2 amide bonds. The van der Waals surface area contributed by atoms with Gasteiger partial charge >= 0.3 is 0 Å². The molecule has 0 unspecified atom stereocenters. The molecule has 1 N–H and O–H groups in total. The molecule has 0 radical (unpaired) electrons. The van der Waals surface area contributed by atoms with Crippen LogP contribution in [0, 0.1) is 5.41 Å². The van der Waals surface area contributed by atoms with Crippen LogP contribution in [0.15, 0.2) is 18.2 Å². The quantitative estimate of drug-likeness (QED) is 0.853. The van der Waals surface area contributed by atoms with Crippen molar-refractivity contribution < 1.29 is 9.59 Å². The fraction of sp³-hybridized carbons (Fsp3) is 0.500. The molecule has 7 nitrogen and oxygen atoms in total. The van der Waals surface area contributed by atoms with Gasteiger partial charge in [-0.25, -0.2) is 0 Å². The fourth-order valence-corrected chi connectivity index (χ4v) is 3.75. The number of fused-ring (bicyclic) bond motifs is 1. The van der Waals surface area contributed by atoms with Crippen molar-refractivity contribution in [2.75, 3.05) is 26.7 Å². The Balaban J connectivity index is 1.49. The summed E-state index contributed by atoms with van der Waals surface area (Å²) < 4.78 is 0. The summed E-state index contributed by atoms with van der Waals surface area (Å²) in [6.45, 7) is 2.10. The second-order valence-corrected chi connectivity index (χ2v) is 6.58. The number of nitrogens with zero attached hydrogens (tertiary/aromatic N) is 4. The standard InChI is InChI=1S/C16H19N5O2/c1-20-7-4-16(15(20)23)5-8-21(9-6-16)14(22)11-2-3-12-13(10-11)18-19-17-12/h2-3,10H,4-9H2,1H3,(H,17,18,19). The Morgan fingerprint density at radius 2 is 1.83 bits per heavy atom. The molecule has 0 saturated carbocycles. The molecule has 3 heterocycles. The first kappa shape index (κ1) is 14.2. The molecular weight excluding hydrogens is 294 g/mol. The van der Waals surface area contributed by atoms with Gasteiger partial charge in [0.2, 0.25) is 5.91 Å². The van der Waals surface area contributed by atoms with Crippen LogP contribution in [0.4, 0.5) is 0 Å². The molecule has 2 saturated heterocycles. The summed E-state index contributed by atoms with van der Waals surface area (Å²) in [5, 5.41) is 10.6. The Kier molecular flexibility index (Phi) is 3.11. The molecule has 1 aromatic carbocycles. The first-order valence-electron chi connectivity index (χ1n) is 7.94. The molecule has 4 rings (SSSR count). The molecule has 2 aliphatic rings. The number of aromatic nitrogens is 3. The average Bonchev–Trinajstić information content (AvgIpc) is 3.15. The van der Waals surface area contributed by atoms with Crippen LogP contribution in [0.3, 0.4) is 0 Å². The molecule has 23 heavy (non-hydrogen) atoms. The highest BCUT2D eigenvalue weighted by molar-refractivity contribution is 5.97. The second-order valence-electron chi connectivity index (χ2n) is 6.58. The van der Waals surface area contributed by atoms with Crippen LogP contribution >= 0.6 is 0 Å². The monoisotopic (exact) mass is 313 g/mol. The Hall–Kier alpha value is -2.44. The van der Waals surface area contributed by atoms with Crippen molar-refractivity contribution in [3.05, 3.63) is 23.8 Å². The third-order valence-electron chi connectivity index (χ3n) is 5.30. The van der Waals surface area contributed by atoms with E-state index in [0.29, 0.717) is 24.2 Å². The average molecular weight is 313 g/mol. The summed E-state index contributed by atoms with van der Waals surface area (Å²) in [7, 11) is 1.86. The highest BCUT2D eigenvalue weighted by atomic mass is 16.2. The molecule has 1 aromatic heterocycles. The van der Waals surface area contributed by atoms with E-state index in [2.05, 4.69) is 15.4 Å². The Labute approximate surface area is 133 Å². The van der Waals surface area contributed by atoms with Crippen molar-refractivity contribution in [3.8, 4) is 0 Å². The van der Waals surface area contributed by atoms with Crippen LogP contribution < -0.4 is 0 Å². The van der Waals surface area contributed by atoms with Gasteiger partial charge in [-0.2, -0.15) is 15.4 Å². The lowest BCUT2D eigenvalue weighted by atomic mass is 9.77. The van der Waals surface area contributed by atoms with Crippen molar-refractivity contribution in [2.24, 2.45) is 5.41 Å². The van der Waals surface area contributed by atoms with Gasteiger partial charge in [0.05, 0.1) is 5.41 Å². The molecule has 0 aliphatic carbocycles. The summed E-state index contributed by atoms with van der Waals surface area (Å²) in [6.07, 6.45) is 2.43. The number of benzene rings is 1. The Morgan fingerprint density at radius 1 is 1.13 bits per heavy atom. The van der Waals surface area contributed by atoms with Gasteiger partial charge in [-0.15, -0.1) is 0 Å². The molecule has 7 heteroatoms. The molecule has 120 valence electrons. The third-order valence-corrected chi connectivity index (χ3v) is 5.30. The lowest BCUT2D eigenvalue weighted by Gasteiger charge is -2.37. The van der Waals surface area contributed by atoms with Gasteiger partial charge in [-0.1, -0.05) is 0 Å². The van der Waals surface area contributed by atoms with Gasteiger partial charge in [-0.05, 0) is 37.5 Å². The van der Waals surface area contributed by atoms with Crippen molar-refractivity contribution in [2.45, 2.75) is 19.3 Å². The van der Waals surface area contributed by atoms with Crippen LogP contribution in [0.1, 0.15) is 29.6 Å². The van der Waals surface area contributed by atoms with Crippen LogP contribution in [-0.4, -0.2) is 63.7 Å². The predicted octanol–water partition coefficient (Wildman–Crippen LogP) is 1.04. The maximum Gasteiger partial charge on any atom is 0.253 e.